The van der Waals surface area contributed by atoms with Gasteiger partial charge in [0, 0.05) is 37.7 Å². The average molecular weight is 310 g/mol. The van der Waals surface area contributed by atoms with Crippen LogP contribution in [0.3, 0.4) is 0 Å². The Balaban J connectivity index is 1.77. The molecule has 0 unspecified atom stereocenters. The maximum atomic E-state index is 12.0. The highest BCUT2D eigenvalue weighted by atomic mass is 35.5. The quantitative estimate of drug-likeness (QED) is 0.848. The maximum Gasteiger partial charge on any atom is 0.232 e. The standard InChI is InChI=1S/C15H20ClN3O2/c1-18-6-8-19(9-7-18)15(21)10-14(20)17-11-12-4-2-3-5-13(12)16/h2-5H,6-11H2,1H3,(H,17,20). The molecule has 2 amide bonds. The highest BCUT2D eigenvalue weighted by Crippen LogP contribution is 2.14. The average Bonchev–Trinajstić information content (AvgIpc) is 2.47. The van der Waals surface area contributed by atoms with Crippen LogP contribution in [0.2, 0.25) is 5.02 Å². The summed E-state index contributed by atoms with van der Waals surface area (Å²) < 4.78 is 0. The number of amides is 2. The molecule has 2 rings (SSSR count). The molecular weight excluding hydrogens is 290 g/mol. The van der Waals surface area contributed by atoms with E-state index in [0.717, 1.165) is 18.7 Å². The van der Waals surface area contributed by atoms with Crippen molar-refractivity contribution in [2.24, 2.45) is 0 Å². The van der Waals surface area contributed by atoms with Gasteiger partial charge in [-0.25, -0.2) is 0 Å². The Morgan fingerprint density at radius 1 is 1.19 bits per heavy atom. The number of nitrogens with one attached hydrogen (secondary N) is 1. The predicted molar refractivity (Wildman–Crippen MR) is 82.0 cm³/mol. The van der Waals surface area contributed by atoms with Gasteiger partial charge >= 0.3 is 0 Å². The third-order valence-electron chi connectivity index (χ3n) is 3.60. The Kier molecular flexibility index (Phi) is 5.59. The molecule has 1 heterocycles. The van der Waals surface area contributed by atoms with Crippen LogP contribution in [0.25, 0.3) is 0 Å². The molecule has 0 radical (unpaired) electrons. The second kappa shape index (κ2) is 7.43. The number of piperazine rings is 1. The van der Waals surface area contributed by atoms with Crippen molar-refractivity contribution in [2.45, 2.75) is 13.0 Å². The van der Waals surface area contributed by atoms with Crippen molar-refractivity contribution in [3.05, 3.63) is 34.9 Å². The zero-order valence-electron chi connectivity index (χ0n) is 12.1. The van der Waals surface area contributed by atoms with Crippen LogP contribution in [-0.2, 0) is 16.1 Å². The summed E-state index contributed by atoms with van der Waals surface area (Å²) in [5.41, 5.74) is 0.847. The Morgan fingerprint density at radius 2 is 1.86 bits per heavy atom. The summed E-state index contributed by atoms with van der Waals surface area (Å²) in [4.78, 5) is 27.8. The molecule has 0 atom stereocenters. The van der Waals surface area contributed by atoms with E-state index >= 15 is 0 Å². The molecule has 0 bridgehead atoms. The first-order chi connectivity index (χ1) is 10.1. The molecule has 5 nitrogen and oxygen atoms in total. The number of hydrogen-bond donors (Lipinski definition) is 1. The first-order valence-corrected chi connectivity index (χ1v) is 7.40. The topological polar surface area (TPSA) is 52.7 Å². The zero-order chi connectivity index (χ0) is 15.2. The largest absolute Gasteiger partial charge is 0.352 e. The first-order valence-electron chi connectivity index (χ1n) is 7.02. The van der Waals surface area contributed by atoms with Crippen molar-refractivity contribution in [1.82, 2.24) is 15.1 Å². The monoisotopic (exact) mass is 309 g/mol. The zero-order valence-corrected chi connectivity index (χ0v) is 12.9. The lowest BCUT2D eigenvalue weighted by Crippen LogP contribution is -2.48. The number of carbonyl (C=O) groups excluding carboxylic acids is 2. The van der Waals surface area contributed by atoms with Crippen LogP contribution in [-0.4, -0.2) is 54.8 Å². The minimum Gasteiger partial charge on any atom is -0.352 e. The second-order valence-corrected chi connectivity index (χ2v) is 5.64. The molecule has 0 spiro atoms. The van der Waals surface area contributed by atoms with E-state index in [1.807, 2.05) is 25.2 Å². The van der Waals surface area contributed by atoms with E-state index in [9.17, 15) is 9.59 Å². The van der Waals surface area contributed by atoms with Gasteiger partial charge in [0.15, 0.2) is 0 Å². The molecule has 0 aliphatic carbocycles. The number of rotatable bonds is 4. The van der Waals surface area contributed by atoms with Gasteiger partial charge in [0.2, 0.25) is 11.8 Å². The lowest BCUT2D eigenvalue weighted by atomic mass is 10.2. The van der Waals surface area contributed by atoms with Crippen molar-refractivity contribution >= 4 is 23.4 Å². The Morgan fingerprint density at radius 3 is 2.52 bits per heavy atom. The molecule has 1 aromatic carbocycles. The van der Waals surface area contributed by atoms with Crippen LogP contribution in [0.15, 0.2) is 24.3 Å². The van der Waals surface area contributed by atoms with Crippen molar-refractivity contribution in [1.29, 1.82) is 0 Å². The van der Waals surface area contributed by atoms with E-state index in [1.54, 1.807) is 11.0 Å². The number of benzene rings is 1. The van der Waals surface area contributed by atoms with Crippen molar-refractivity contribution in [2.75, 3.05) is 33.2 Å². The number of halogens is 1. The lowest BCUT2D eigenvalue weighted by Gasteiger charge is -2.32. The fourth-order valence-corrected chi connectivity index (χ4v) is 2.41. The molecule has 6 heteroatoms. The van der Waals surface area contributed by atoms with Crippen LogP contribution in [0, 0.1) is 0 Å². The van der Waals surface area contributed by atoms with Gasteiger partial charge in [-0.2, -0.15) is 0 Å². The van der Waals surface area contributed by atoms with Gasteiger partial charge in [-0.3, -0.25) is 9.59 Å². The van der Waals surface area contributed by atoms with Gasteiger partial charge < -0.3 is 15.1 Å². The third-order valence-corrected chi connectivity index (χ3v) is 3.97. The van der Waals surface area contributed by atoms with Crippen molar-refractivity contribution in [3.8, 4) is 0 Å². The smallest absolute Gasteiger partial charge is 0.232 e. The molecule has 1 saturated heterocycles. The van der Waals surface area contributed by atoms with Crippen molar-refractivity contribution < 1.29 is 9.59 Å². The maximum absolute atomic E-state index is 12.0. The van der Waals surface area contributed by atoms with Gasteiger partial charge in [-0.15, -0.1) is 0 Å². The lowest BCUT2D eigenvalue weighted by molar-refractivity contribution is -0.137. The van der Waals surface area contributed by atoms with Crippen LogP contribution < -0.4 is 5.32 Å². The molecule has 1 aliphatic heterocycles. The molecular formula is C15H20ClN3O2. The van der Waals surface area contributed by atoms with E-state index in [4.69, 9.17) is 11.6 Å². The van der Waals surface area contributed by atoms with Gasteiger partial charge in [0.25, 0.3) is 0 Å². The first kappa shape index (κ1) is 15.8. The highest BCUT2D eigenvalue weighted by Gasteiger charge is 2.20. The molecule has 114 valence electrons. The number of nitrogens with zero attached hydrogens (tertiary/aromatic N) is 2. The van der Waals surface area contributed by atoms with Crippen molar-refractivity contribution in [3.63, 3.8) is 0 Å². The Hall–Kier alpha value is -1.59. The van der Waals surface area contributed by atoms with E-state index < -0.39 is 0 Å². The molecule has 1 N–H and O–H groups in total. The fraction of sp³-hybridized carbons (Fsp3) is 0.467. The van der Waals surface area contributed by atoms with E-state index in [1.165, 1.54) is 0 Å². The van der Waals surface area contributed by atoms with Crippen LogP contribution in [0.5, 0.6) is 0 Å². The normalized spacial score (nSPS) is 15.8. The molecule has 21 heavy (non-hydrogen) atoms. The van der Waals surface area contributed by atoms with Gasteiger partial charge in [0.1, 0.15) is 6.42 Å². The minimum atomic E-state index is -0.265. The predicted octanol–water partition coefficient (Wildman–Crippen LogP) is 1.12. The Labute approximate surface area is 129 Å². The van der Waals surface area contributed by atoms with E-state index in [-0.39, 0.29) is 18.2 Å². The molecule has 1 fully saturated rings. The number of hydrogen-bond acceptors (Lipinski definition) is 3. The summed E-state index contributed by atoms with van der Waals surface area (Å²) in [6.07, 6.45) is -0.103. The number of carbonyl (C=O) groups is 2. The summed E-state index contributed by atoms with van der Waals surface area (Å²) in [6, 6.07) is 7.33. The second-order valence-electron chi connectivity index (χ2n) is 5.23. The van der Waals surface area contributed by atoms with Crippen LogP contribution in [0.4, 0.5) is 0 Å². The third kappa shape index (κ3) is 4.72. The molecule has 0 saturated carbocycles. The minimum absolute atomic E-state index is 0.103. The van der Waals surface area contributed by atoms with Gasteiger partial charge in [-0.1, -0.05) is 29.8 Å². The Bertz CT molecular complexity index is 513. The van der Waals surface area contributed by atoms with E-state index in [0.29, 0.717) is 24.7 Å². The molecule has 1 aliphatic rings. The van der Waals surface area contributed by atoms with Gasteiger partial charge in [-0.05, 0) is 18.7 Å². The summed E-state index contributed by atoms with van der Waals surface area (Å²) in [5.74, 6) is -0.376. The van der Waals surface area contributed by atoms with Gasteiger partial charge in [0.05, 0.1) is 0 Å². The van der Waals surface area contributed by atoms with Crippen LogP contribution >= 0.6 is 11.6 Å². The SMILES string of the molecule is CN1CCN(C(=O)CC(=O)NCc2ccccc2Cl)CC1. The summed E-state index contributed by atoms with van der Waals surface area (Å²) >= 11 is 6.02. The summed E-state index contributed by atoms with van der Waals surface area (Å²) in [6.45, 7) is 3.43. The number of likely N-dealkylation sites (N-methyl/N-ethyl adjacent to an activating group) is 1. The van der Waals surface area contributed by atoms with Crippen LogP contribution in [0.1, 0.15) is 12.0 Å². The molecule has 0 aromatic heterocycles. The van der Waals surface area contributed by atoms with E-state index in [2.05, 4.69) is 10.2 Å². The molecule has 1 aromatic rings. The highest BCUT2D eigenvalue weighted by molar-refractivity contribution is 6.31. The summed E-state index contributed by atoms with van der Waals surface area (Å²) in [7, 11) is 2.03. The summed E-state index contributed by atoms with van der Waals surface area (Å²) in [5, 5.41) is 3.35. The fourth-order valence-electron chi connectivity index (χ4n) is 2.20.